The second-order valence-electron chi connectivity index (χ2n) is 9.43. The highest BCUT2D eigenvalue weighted by molar-refractivity contribution is 5.91. The molecule has 5 rings (SSSR count). The van der Waals surface area contributed by atoms with Crippen LogP contribution in [0.25, 0.3) is 10.9 Å². The minimum absolute atomic E-state index is 0.0166. The number of carbonyl (C=O) groups excluding carboxylic acids is 1. The van der Waals surface area contributed by atoms with Gasteiger partial charge >= 0.3 is 6.03 Å². The number of amides is 2. The monoisotopic (exact) mass is 522 g/mol. The summed E-state index contributed by atoms with van der Waals surface area (Å²) in [6, 6.07) is 15.1. The molecule has 3 heterocycles. The zero-order valence-electron chi connectivity index (χ0n) is 21.9. The van der Waals surface area contributed by atoms with Gasteiger partial charge in [0.25, 0.3) is 0 Å². The molecule has 9 heteroatoms. The van der Waals surface area contributed by atoms with Gasteiger partial charge in [0, 0.05) is 28.9 Å². The number of ether oxygens (including phenoxy) is 1. The van der Waals surface area contributed by atoms with Gasteiger partial charge in [0.15, 0.2) is 0 Å². The highest BCUT2D eigenvalue weighted by atomic mass is 16.5. The molecule has 0 spiro atoms. The van der Waals surface area contributed by atoms with Gasteiger partial charge in [0.05, 0.1) is 30.9 Å². The third-order valence-corrected chi connectivity index (χ3v) is 6.59. The molecule has 198 valence electrons. The topological polar surface area (TPSA) is 112 Å². The molecule has 2 aromatic carbocycles. The number of rotatable bonds is 6. The largest absolute Gasteiger partial charge is 0.455 e. The van der Waals surface area contributed by atoms with Crippen LogP contribution in [0.5, 0.6) is 11.5 Å². The predicted molar refractivity (Wildman–Crippen MR) is 150 cm³/mol. The van der Waals surface area contributed by atoms with Crippen molar-refractivity contribution >= 4 is 28.4 Å². The molecule has 1 atom stereocenters. The summed E-state index contributed by atoms with van der Waals surface area (Å²) in [5, 5.41) is 16.5. The average molecular weight is 523 g/mol. The van der Waals surface area contributed by atoms with Gasteiger partial charge in [0.2, 0.25) is 0 Å². The van der Waals surface area contributed by atoms with Crippen molar-refractivity contribution in [3.05, 3.63) is 77.9 Å². The summed E-state index contributed by atoms with van der Waals surface area (Å²) in [5.74, 6) is 8.21. The van der Waals surface area contributed by atoms with Crippen molar-refractivity contribution in [2.45, 2.75) is 32.7 Å². The number of carbonyl (C=O) groups is 1. The number of aromatic nitrogens is 3. The van der Waals surface area contributed by atoms with E-state index in [0.717, 1.165) is 52.0 Å². The Labute approximate surface area is 227 Å². The molecule has 1 unspecified atom stereocenters. The molecule has 9 nitrogen and oxygen atoms in total. The van der Waals surface area contributed by atoms with Crippen molar-refractivity contribution in [2.75, 3.05) is 25.0 Å². The highest BCUT2D eigenvalue weighted by Gasteiger charge is 2.27. The Bertz CT molecular complexity index is 1540. The van der Waals surface area contributed by atoms with Crippen molar-refractivity contribution in [3.8, 4) is 23.3 Å². The SMILES string of the molecule is Cc1ccc(Oc2ccc(Nc3ncnc4ccc(C#CCNC(=O)N5CCCC5CO)cc34)cc2C)cn1. The lowest BCUT2D eigenvalue weighted by atomic mass is 10.1. The molecule has 39 heavy (non-hydrogen) atoms. The molecule has 0 aliphatic carbocycles. The molecular formula is C30H30N6O3. The molecule has 0 saturated carbocycles. The van der Waals surface area contributed by atoms with E-state index in [9.17, 15) is 9.90 Å². The number of nitrogens with one attached hydrogen (secondary N) is 2. The number of aryl methyl sites for hydroxylation is 2. The maximum absolute atomic E-state index is 12.4. The lowest BCUT2D eigenvalue weighted by Crippen LogP contribution is -2.44. The number of hydrogen-bond acceptors (Lipinski definition) is 7. The summed E-state index contributed by atoms with van der Waals surface area (Å²) in [4.78, 5) is 27.2. The first-order valence-electron chi connectivity index (χ1n) is 12.9. The summed E-state index contributed by atoms with van der Waals surface area (Å²) >= 11 is 0. The Kier molecular flexibility index (Phi) is 7.85. The molecule has 1 fully saturated rings. The number of benzene rings is 2. The van der Waals surface area contributed by atoms with Crippen LogP contribution < -0.4 is 15.4 Å². The number of likely N-dealkylation sites (tertiary alicyclic amines) is 1. The van der Waals surface area contributed by atoms with Gasteiger partial charge in [0.1, 0.15) is 23.6 Å². The van der Waals surface area contributed by atoms with E-state index in [4.69, 9.17) is 4.74 Å². The van der Waals surface area contributed by atoms with E-state index in [1.807, 2.05) is 62.4 Å². The number of anilines is 2. The molecule has 3 N–H and O–H groups in total. The third-order valence-electron chi connectivity index (χ3n) is 6.59. The second-order valence-corrected chi connectivity index (χ2v) is 9.43. The van der Waals surface area contributed by atoms with Crippen LogP contribution in [0.15, 0.2) is 61.1 Å². The summed E-state index contributed by atoms with van der Waals surface area (Å²) < 4.78 is 5.99. The summed E-state index contributed by atoms with van der Waals surface area (Å²) in [7, 11) is 0. The first-order chi connectivity index (χ1) is 19.0. The number of fused-ring (bicyclic) bond motifs is 1. The highest BCUT2D eigenvalue weighted by Crippen LogP contribution is 2.30. The third kappa shape index (κ3) is 6.25. The number of aliphatic hydroxyl groups excluding tert-OH is 1. The fourth-order valence-corrected chi connectivity index (χ4v) is 4.51. The summed E-state index contributed by atoms with van der Waals surface area (Å²) in [6.45, 7) is 4.78. The second kappa shape index (κ2) is 11.8. The fourth-order valence-electron chi connectivity index (χ4n) is 4.51. The lowest BCUT2D eigenvalue weighted by Gasteiger charge is -2.22. The van der Waals surface area contributed by atoms with Crippen molar-refractivity contribution in [2.24, 2.45) is 0 Å². The summed E-state index contributed by atoms with van der Waals surface area (Å²) in [6.07, 6.45) is 4.97. The zero-order valence-corrected chi connectivity index (χ0v) is 21.9. The van der Waals surface area contributed by atoms with Crippen molar-refractivity contribution < 1.29 is 14.6 Å². The van der Waals surface area contributed by atoms with Crippen LogP contribution in [0.1, 0.15) is 29.7 Å². The molecule has 1 aliphatic heterocycles. The van der Waals surface area contributed by atoms with E-state index in [2.05, 4.69) is 37.4 Å². The molecule has 2 aromatic heterocycles. The first kappa shape index (κ1) is 25.9. The molecule has 1 saturated heterocycles. The predicted octanol–water partition coefficient (Wildman–Crippen LogP) is 4.70. The van der Waals surface area contributed by atoms with Gasteiger partial charge in [-0.25, -0.2) is 14.8 Å². The standard InChI is InChI=1S/C30H30N6O3/c1-20-15-23(9-12-28(20)39-25-10-7-21(2)32-17-25)35-29-26-16-22(8-11-27(26)33-19-34-29)5-3-13-31-30(38)36-14-4-6-24(36)18-37/h7-12,15-17,19,24,37H,4,6,13-14,18H2,1-2H3,(H,31,38)(H,33,34,35). The van der Waals surface area contributed by atoms with Crippen LogP contribution in [-0.2, 0) is 0 Å². The van der Waals surface area contributed by atoms with Gasteiger partial charge in [-0.15, -0.1) is 0 Å². The van der Waals surface area contributed by atoms with Gasteiger partial charge in [-0.3, -0.25) is 4.98 Å². The van der Waals surface area contributed by atoms with E-state index < -0.39 is 0 Å². The minimum atomic E-state index is -0.193. The summed E-state index contributed by atoms with van der Waals surface area (Å²) in [5.41, 5.74) is 4.34. The van der Waals surface area contributed by atoms with E-state index in [1.165, 1.54) is 6.33 Å². The van der Waals surface area contributed by atoms with E-state index in [-0.39, 0.29) is 25.2 Å². The number of urea groups is 1. The molecule has 0 bridgehead atoms. The van der Waals surface area contributed by atoms with E-state index >= 15 is 0 Å². The van der Waals surface area contributed by atoms with Crippen LogP contribution in [-0.4, -0.2) is 56.7 Å². The Hall–Kier alpha value is -4.68. The molecule has 4 aromatic rings. The normalized spacial score (nSPS) is 14.5. The maximum atomic E-state index is 12.4. The van der Waals surface area contributed by atoms with Crippen LogP contribution >= 0.6 is 0 Å². The van der Waals surface area contributed by atoms with Crippen LogP contribution in [0, 0.1) is 25.7 Å². The van der Waals surface area contributed by atoms with Crippen LogP contribution in [0.4, 0.5) is 16.3 Å². The smallest absolute Gasteiger partial charge is 0.318 e. The molecule has 0 radical (unpaired) electrons. The van der Waals surface area contributed by atoms with Gasteiger partial charge < -0.3 is 25.4 Å². The number of pyridine rings is 1. The van der Waals surface area contributed by atoms with Crippen molar-refractivity contribution in [1.29, 1.82) is 0 Å². The van der Waals surface area contributed by atoms with Gasteiger partial charge in [-0.05, 0) is 80.8 Å². The molecule has 1 aliphatic rings. The fraction of sp³-hybridized carbons (Fsp3) is 0.267. The maximum Gasteiger partial charge on any atom is 0.318 e. The van der Waals surface area contributed by atoms with E-state index in [0.29, 0.717) is 18.1 Å². The van der Waals surface area contributed by atoms with Gasteiger partial charge in [-0.2, -0.15) is 0 Å². The van der Waals surface area contributed by atoms with Crippen LogP contribution in [0.2, 0.25) is 0 Å². The first-order valence-corrected chi connectivity index (χ1v) is 12.9. The number of hydrogen-bond donors (Lipinski definition) is 3. The lowest BCUT2D eigenvalue weighted by molar-refractivity contribution is 0.158. The van der Waals surface area contributed by atoms with Crippen molar-refractivity contribution in [1.82, 2.24) is 25.2 Å². The Morgan fingerprint density at radius 1 is 1.13 bits per heavy atom. The Morgan fingerprint density at radius 2 is 2.03 bits per heavy atom. The molecule has 2 amide bonds. The van der Waals surface area contributed by atoms with E-state index in [1.54, 1.807) is 11.1 Å². The zero-order chi connectivity index (χ0) is 27.2. The average Bonchev–Trinajstić information content (AvgIpc) is 3.43. The number of aliphatic hydroxyl groups is 1. The molecular weight excluding hydrogens is 492 g/mol. The van der Waals surface area contributed by atoms with Gasteiger partial charge in [-0.1, -0.05) is 11.8 Å². The Balaban J connectivity index is 1.27. The Morgan fingerprint density at radius 3 is 2.82 bits per heavy atom. The minimum Gasteiger partial charge on any atom is -0.455 e. The quantitative estimate of drug-likeness (QED) is 0.315. The van der Waals surface area contributed by atoms with Crippen LogP contribution in [0.3, 0.4) is 0 Å². The van der Waals surface area contributed by atoms with Crippen molar-refractivity contribution in [3.63, 3.8) is 0 Å². The number of nitrogens with zero attached hydrogens (tertiary/aromatic N) is 4.